The minimum Gasteiger partial charge on any atom is -0.338 e. The molecule has 10 heteroatoms. The summed E-state index contributed by atoms with van der Waals surface area (Å²) >= 11 is 5.86. The number of halogens is 7. The van der Waals surface area contributed by atoms with Crippen molar-refractivity contribution in [3.05, 3.63) is 136 Å². The quantitative estimate of drug-likeness (QED) is 0.251. The molecule has 1 amide bonds. The summed E-state index contributed by atoms with van der Waals surface area (Å²) in [7, 11) is 0. The van der Waals surface area contributed by atoms with Crippen molar-refractivity contribution in [3.63, 3.8) is 0 Å². The van der Waals surface area contributed by atoms with Crippen molar-refractivity contribution >= 4 is 17.5 Å². The summed E-state index contributed by atoms with van der Waals surface area (Å²) in [6, 6.07) is 18.5. The summed E-state index contributed by atoms with van der Waals surface area (Å²) in [6.45, 7) is 0. The lowest BCUT2D eigenvalue weighted by atomic mass is 9.76. The number of pyridine rings is 1. The maximum Gasteiger partial charge on any atom is 0.417 e. The number of alkyl halides is 6. The van der Waals surface area contributed by atoms with Gasteiger partial charge in [0.1, 0.15) is 0 Å². The Morgan fingerprint density at radius 1 is 0.763 bits per heavy atom. The molecule has 1 atom stereocenters. The lowest BCUT2D eigenvalue weighted by molar-refractivity contribution is -0.138. The zero-order valence-electron chi connectivity index (χ0n) is 19.4. The van der Waals surface area contributed by atoms with Crippen LogP contribution in [0.2, 0.25) is 5.02 Å². The normalized spacial score (nSPS) is 13.6. The third-order valence-corrected chi connectivity index (χ3v) is 6.34. The molecule has 38 heavy (non-hydrogen) atoms. The first kappa shape index (κ1) is 27.2. The molecule has 0 aliphatic rings. The molecule has 1 heterocycles. The van der Waals surface area contributed by atoms with Gasteiger partial charge in [0.15, 0.2) is 0 Å². The molecule has 0 spiro atoms. The van der Waals surface area contributed by atoms with Gasteiger partial charge in [-0.05, 0) is 53.1 Å². The predicted molar refractivity (Wildman–Crippen MR) is 131 cm³/mol. The highest BCUT2D eigenvalue weighted by molar-refractivity contribution is 6.31. The van der Waals surface area contributed by atoms with Crippen molar-refractivity contribution in [2.24, 2.45) is 0 Å². The van der Waals surface area contributed by atoms with Crippen LogP contribution >= 0.6 is 11.6 Å². The van der Waals surface area contributed by atoms with E-state index in [1.165, 1.54) is 36.7 Å². The summed E-state index contributed by atoms with van der Waals surface area (Å²) in [6.07, 6.45) is -7.08. The number of hydrogen-bond donors (Lipinski definition) is 1. The third-order valence-electron chi connectivity index (χ3n) is 6.01. The van der Waals surface area contributed by atoms with Gasteiger partial charge in [-0.3, -0.25) is 9.78 Å². The molecule has 1 N–H and O–H groups in total. The Bertz CT molecular complexity index is 1420. The number of aromatic nitrogens is 1. The molecule has 3 aromatic carbocycles. The second kappa shape index (κ2) is 10.5. The Kier molecular flexibility index (Phi) is 7.51. The van der Waals surface area contributed by atoms with Crippen LogP contribution in [0, 0.1) is 0 Å². The summed E-state index contributed by atoms with van der Waals surface area (Å²) < 4.78 is 82.8. The average Bonchev–Trinajstić information content (AvgIpc) is 2.88. The fourth-order valence-corrected chi connectivity index (χ4v) is 4.42. The second-order valence-corrected chi connectivity index (χ2v) is 8.94. The second-order valence-electron chi connectivity index (χ2n) is 8.53. The van der Waals surface area contributed by atoms with Gasteiger partial charge in [0, 0.05) is 18.8 Å². The summed E-state index contributed by atoms with van der Waals surface area (Å²) in [5.74, 6) is -0.741. The van der Waals surface area contributed by atoms with Crippen molar-refractivity contribution in [1.29, 1.82) is 0 Å². The molecular formula is C28H19ClF6N2O. The van der Waals surface area contributed by atoms with Crippen molar-refractivity contribution < 1.29 is 31.1 Å². The van der Waals surface area contributed by atoms with Crippen LogP contribution in [-0.4, -0.2) is 10.9 Å². The van der Waals surface area contributed by atoms with Crippen molar-refractivity contribution in [1.82, 2.24) is 10.3 Å². The Morgan fingerprint density at radius 2 is 1.45 bits per heavy atom. The number of carbonyl (C=O) groups excluding carboxylic acids is 1. The fraction of sp³-hybridized carbons (Fsp3) is 0.143. The van der Waals surface area contributed by atoms with Crippen LogP contribution in [-0.2, 0) is 24.3 Å². The van der Waals surface area contributed by atoms with Gasteiger partial charge in [-0.1, -0.05) is 60.1 Å². The molecule has 4 aromatic rings. The van der Waals surface area contributed by atoms with Crippen LogP contribution in [0.3, 0.4) is 0 Å². The Hall–Kier alpha value is -3.85. The molecule has 0 aliphatic heterocycles. The van der Waals surface area contributed by atoms with E-state index in [1.807, 2.05) is 0 Å². The molecule has 0 fully saturated rings. The van der Waals surface area contributed by atoms with E-state index in [4.69, 9.17) is 11.6 Å². The molecule has 196 valence electrons. The monoisotopic (exact) mass is 548 g/mol. The van der Waals surface area contributed by atoms with Crippen molar-refractivity contribution in [2.45, 2.75) is 24.3 Å². The largest absolute Gasteiger partial charge is 0.417 e. The minimum absolute atomic E-state index is 0.0659. The van der Waals surface area contributed by atoms with Crippen molar-refractivity contribution in [2.75, 3.05) is 0 Å². The van der Waals surface area contributed by atoms with E-state index < -0.39 is 39.9 Å². The zero-order valence-corrected chi connectivity index (χ0v) is 20.2. The van der Waals surface area contributed by atoms with Gasteiger partial charge in [0.25, 0.3) is 5.91 Å². The van der Waals surface area contributed by atoms with Gasteiger partial charge in [-0.2, -0.15) is 26.3 Å². The number of carbonyl (C=O) groups is 1. The van der Waals surface area contributed by atoms with Crippen LogP contribution in [0.4, 0.5) is 26.3 Å². The molecule has 0 saturated carbocycles. The Balaban J connectivity index is 2.02. The third kappa shape index (κ3) is 5.83. The highest BCUT2D eigenvalue weighted by atomic mass is 35.5. The summed E-state index contributed by atoms with van der Waals surface area (Å²) in [5, 5.41) is 2.16. The van der Waals surface area contributed by atoms with E-state index in [1.54, 1.807) is 30.3 Å². The average molecular weight is 549 g/mol. The van der Waals surface area contributed by atoms with Crippen LogP contribution < -0.4 is 5.32 Å². The first-order chi connectivity index (χ1) is 17.9. The number of benzene rings is 3. The lowest BCUT2D eigenvalue weighted by Crippen LogP contribution is -2.49. The molecule has 1 unspecified atom stereocenters. The summed E-state index contributed by atoms with van der Waals surface area (Å²) in [4.78, 5) is 17.3. The van der Waals surface area contributed by atoms with E-state index in [2.05, 4.69) is 10.3 Å². The first-order valence-corrected chi connectivity index (χ1v) is 11.6. The Labute approximate surface area is 219 Å². The first-order valence-electron chi connectivity index (χ1n) is 11.2. The predicted octanol–water partition coefficient (Wildman–Crippen LogP) is 7.69. The fourth-order valence-electron chi connectivity index (χ4n) is 4.19. The molecule has 1 aromatic heterocycles. The number of nitrogens with one attached hydrogen (secondary N) is 1. The van der Waals surface area contributed by atoms with E-state index >= 15 is 0 Å². The smallest absolute Gasteiger partial charge is 0.338 e. The van der Waals surface area contributed by atoms with Gasteiger partial charge in [0.05, 0.1) is 27.3 Å². The standard InChI is InChI=1S/C28H19ClF6N2O/c29-24-12-11-21(15-23(24)28(33,34)35)26(16-18-6-2-1-3-7-18,37-25(38)19-8-5-13-36-17-19)20-9-4-10-22(14-20)27(30,31)32/h1-15,17H,16H2,(H,37,38). The highest BCUT2D eigenvalue weighted by Gasteiger charge is 2.41. The van der Waals surface area contributed by atoms with Gasteiger partial charge >= 0.3 is 12.4 Å². The van der Waals surface area contributed by atoms with E-state index in [9.17, 15) is 31.1 Å². The van der Waals surface area contributed by atoms with Gasteiger partial charge < -0.3 is 5.32 Å². The van der Waals surface area contributed by atoms with E-state index in [-0.39, 0.29) is 23.1 Å². The van der Waals surface area contributed by atoms with Crippen LogP contribution in [0.15, 0.2) is 97.3 Å². The summed E-state index contributed by atoms with van der Waals surface area (Å²) in [5.41, 5.74) is -3.61. The Morgan fingerprint density at radius 3 is 2.08 bits per heavy atom. The number of nitrogens with zero attached hydrogens (tertiary/aromatic N) is 1. The number of rotatable bonds is 6. The topological polar surface area (TPSA) is 42.0 Å². The molecule has 3 nitrogen and oxygen atoms in total. The van der Waals surface area contributed by atoms with Crippen LogP contribution in [0.25, 0.3) is 0 Å². The molecule has 0 saturated heterocycles. The maximum absolute atomic E-state index is 13.9. The van der Waals surface area contributed by atoms with Crippen LogP contribution in [0.5, 0.6) is 0 Å². The van der Waals surface area contributed by atoms with Crippen LogP contribution in [0.1, 0.15) is 38.2 Å². The lowest BCUT2D eigenvalue weighted by Gasteiger charge is -2.37. The zero-order chi connectivity index (χ0) is 27.6. The molecule has 4 rings (SSSR count). The molecule has 0 radical (unpaired) electrons. The van der Waals surface area contributed by atoms with Crippen molar-refractivity contribution in [3.8, 4) is 0 Å². The number of hydrogen-bond acceptors (Lipinski definition) is 2. The van der Waals surface area contributed by atoms with Gasteiger partial charge in [-0.15, -0.1) is 0 Å². The maximum atomic E-state index is 13.9. The number of amides is 1. The molecule has 0 bridgehead atoms. The van der Waals surface area contributed by atoms with E-state index in [0.717, 1.165) is 30.3 Å². The highest BCUT2D eigenvalue weighted by Crippen LogP contribution is 2.42. The van der Waals surface area contributed by atoms with Gasteiger partial charge in [0.2, 0.25) is 0 Å². The van der Waals surface area contributed by atoms with Gasteiger partial charge in [-0.25, -0.2) is 0 Å². The van der Waals surface area contributed by atoms with E-state index in [0.29, 0.717) is 5.56 Å². The molecular weight excluding hydrogens is 530 g/mol. The minimum atomic E-state index is -4.85. The SMILES string of the molecule is O=C(NC(Cc1ccccc1)(c1cccc(C(F)(F)F)c1)c1ccc(Cl)c(C(F)(F)F)c1)c1cccnc1. The molecule has 0 aliphatic carbocycles.